The quantitative estimate of drug-likeness (QED) is 0.316. The van der Waals surface area contributed by atoms with Crippen LogP contribution < -0.4 is 0 Å². The van der Waals surface area contributed by atoms with E-state index in [2.05, 4.69) is 23.7 Å². The minimum Gasteiger partial charge on any atom is -0.503 e. The molecule has 33 heavy (non-hydrogen) atoms. The molecule has 1 amide bonds. The Balaban J connectivity index is 2.03. The second-order valence-corrected chi connectivity index (χ2v) is 9.08. The normalized spacial score (nSPS) is 16.2. The highest BCUT2D eigenvalue weighted by Crippen LogP contribution is 2.41. The second-order valence-electron chi connectivity index (χ2n) is 7.87. The number of nitro groups is 1. The van der Waals surface area contributed by atoms with Gasteiger partial charge in [-0.3, -0.25) is 19.7 Å². The first-order valence-electron chi connectivity index (χ1n) is 10.9. The number of aliphatic hydroxyl groups is 1. The van der Waals surface area contributed by atoms with Crippen molar-refractivity contribution in [3.63, 3.8) is 0 Å². The summed E-state index contributed by atoms with van der Waals surface area (Å²) in [6.07, 6.45) is 0.631. The molecule has 0 bridgehead atoms. The van der Waals surface area contributed by atoms with Crippen LogP contribution in [0.2, 0.25) is 0 Å². The number of aliphatic hydroxyl groups excluding tert-OH is 1. The van der Waals surface area contributed by atoms with Crippen molar-refractivity contribution in [2.75, 3.05) is 26.2 Å². The number of thiazole rings is 1. The van der Waals surface area contributed by atoms with Crippen molar-refractivity contribution in [1.82, 2.24) is 14.8 Å². The number of hydrogen-bond donors (Lipinski definition) is 1. The van der Waals surface area contributed by atoms with E-state index in [-0.39, 0.29) is 11.3 Å². The molecule has 0 saturated heterocycles. The number of rotatable bonds is 10. The van der Waals surface area contributed by atoms with E-state index in [0.717, 1.165) is 19.6 Å². The highest BCUT2D eigenvalue weighted by Gasteiger charge is 2.44. The third kappa shape index (κ3) is 4.96. The van der Waals surface area contributed by atoms with E-state index in [1.807, 2.05) is 0 Å². The summed E-state index contributed by atoms with van der Waals surface area (Å²) in [5.41, 5.74) is 0.723. The fraction of sp³-hybridized carbons (Fsp3) is 0.435. The first kappa shape index (κ1) is 24.5. The molecule has 0 spiro atoms. The predicted molar refractivity (Wildman–Crippen MR) is 126 cm³/mol. The van der Waals surface area contributed by atoms with Crippen LogP contribution in [-0.2, 0) is 4.79 Å². The topological polar surface area (TPSA) is 117 Å². The van der Waals surface area contributed by atoms with Gasteiger partial charge in [-0.2, -0.15) is 0 Å². The summed E-state index contributed by atoms with van der Waals surface area (Å²) >= 11 is 1.20. The average molecular weight is 473 g/mol. The Bertz CT molecular complexity index is 1110. The highest BCUT2D eigenvalue weighted by molar-refractivity contribution is 7.14. The Hall–Kier alpha value is -3.11. The maximum atomic E-state index is 13.5. The number of carbonyl (C=O) groups excluding carboxylic acids is 2. The van der Waals surface area contributed by atoms with E-state index in [1.165, 1.54) is 34.4 Å². The Morgan fingerprint density at radius 2 is 2.00 bits per heavy atom. The van der Waals surface area contributed by atoms with Crippen LogP contribution in [0.3, 0.4) is 0 Å². The van der Waals surface area contributed by atoms with Gasteiger partial charge in [0.15, 0.2) is 5.76 Å². The molecule has 1 atom stereocenters. The molecule has 2 aromatic rings. The van der Waals surface area contributed by atoms with Gasteiger partial charge in [0.25, 0.3) is 11.6 Å². The van der Waals surface area contributed by atoms with Crippen LogP contribution >= 0.6 is 11.3 Å². The molecule has 1 aliphatic heterocycles. The zero-order valence-corrected chi connectivity index (χ0v) is 20.0. The lowest BCUT2D eigenvalue weighted by Gasteiger charge is -2.28. The van der Waals surface area contributed by atoms with E-state index in [9.17, 15) is 24.8 Å². The molecular weight excluding hydrogens is 444 g/mol. The van der Waals surface area contributed by atoms with Crippen molar-refractivity contribution in [2.45, 2.75) is 40.2 Å². The van der Waals surface area contributed by atoms with Crippen molar-refractivity contribution in [3.05, 3.63) is 66.9 Å². The summed E-state index contributed by atoms with van der Waals surface area (Å²) in [4.78, 5) is 45.7. The van der Waals surface area contributed by atoms with Crippen LogP contribution in [0.1, 0.15) is 52.2 Å². The fourth-order valence-corrected chi connectivity index (χ4v) is 5.01. The number of carbonyl (C=O) groups is 2. The van der Waals surface area contributed by atoms with E-state index in [4.69, 9.17) is 0 Å². The number of hydrogen-bond acceptors (Lipinski definition) is 8. The van der Waals surface area contributed by atoms with Gasteiger partial charge in [-0.1, -0.05) is 26.0 Å². The summed E-state index contributed by atoms with van der Waals surface area (Å²) in [6.45, 7) is 10.4. The van der Waals surface area contributed by atoms with Gasteiger partial charge in [-0.25, -0.2) is 4.98 Å². The van der Waals surface area contributed by atoms with Crippen molar-refractivity contribution in [1.29, 1.82) is 0 Å². The molecule has 1 aromatic carbocycles. The van der Waals surface area contributed by atoms with Gasteiger partial charge in [0.05, 0.1) is 32.1 Å². The van der Waals surface area contributed by atoms with Crippen LogP contribution in [0.25, 0.3) is 0 Å². The largest absolute Gasteiger partial charge is 0.503 e. The smallest absolute Gasteiger partial charge is 0.290 e. The highest BCUT2D eigenvalue weighted by atomic mass is 32.1. The van der Waals surface area contributed by atoms with Crippen LogP contribution in [0.4, 0.5) is 5.69 Å². The van der Waals surface area contributed by atoms with Crippen molar-refractivity contribution >= 4 is 28.7 Å². The minimum atomic E-state index is -0.914. The summed E-state index contributed by atoms with van der Waals surface area (Å²) in [7, 11) is 0. The number of non-ortho nitro benzene ring substituents is 1. The maximum Gasteiger partial charge on any atom is 0.290 e. The molecule has 9 nitrogen and oxygen atoms in total. The van der Waals surface area contributed by atoms with E-state index >= 15 is 0 Å². The molecule has 176 valence electrons. The molecule has 1 unspecified atom stereocenters. The number of amides is 1. The van der Waals surface area contributed by atoms with Gasteiger partial charge in [0.2, 0.25) is 5.78 Å². The zero-order chi connectivity index (χ0) is 24.3. The number of nitro benzene ring substituents is 1. The Kier molecular flexibility index (Phi) is 7.60. The lowest BCUT2D eigenvalue weighted by Crippen LogP contribution is -2.34. The van der Waals surface area contributed by atoms with Crippen LogP contribution in [0.15, 0.2) is 35.6 Å². The molecule has 10 heteroatoms. The lowest BCUT2D eigenvalue weighted by molar-refractivity contribution is -0.384. The first-order chi connectivity index (χ1) is 15.7. The second kappa shape index (κ2) is 10.2. The molecule has 0 fully saturated rings. The monoisotopic (exact) mass is 472 g/mol. The number of benzene rings is 1. The van der Waals surface area contributed by atoms with Gasteiger partial charge in [0.1, 0.15) is 0 Å². The Morgan fingerprint density at radius 3 is 2.58 bits per heavy atom. The van der Waals surface area contributed by atoms with Crippen molar-refractivity contribution < 1.29 is 19.6 Å². The summed E-state index contributed by atoms with van der Waals surface area (Å²) in [6, 6.07) is 4.95. The molecule has 3 rings (SSSR count). The molecule has 0 aliphatic carbocycles. The third-order valence-corrected chi connectivity index (χ3v) is 6.89. The van der Waals surface area contributed by atoms with Crippen LogP contribution in [0, 0.1) is 24.0 Å². The number of Topliss-reactive ketones (excluding diaryl/α,β-unsaturated/α-hetero) is 1. The van der Waals surface area contributed by atoms with E-state index in [1.54, 1.807) is 19.9 Å². The summed E-state index contributed by atoms with van der Waals surface area (Å²) < 4.78 is 0. The van der Waals surface area contributed by atoms with Crippen molar-refractivity contribution in [2.24, 2.45) is 0 Å². The third-order valence-electron chi connectivity index (χ3n) is 5.82. The summed E-state index contributed by atoms with van der Waals surface area (Å²) in [5.74, 6) is -1.73. The average Bonchev–Trinajstić information content (AvgIpc) is 3.26. The molecule has 1 N–H and O–H groups in total. The minimum absolute atomic E-state index is 0.0601. The van der Waals surface area contributed by atoms with Gasteiger partial charge in [-0.05, 0) is 45.5 Å². The summed E-state index contributed by atoms with van der Waals surface area (Å²) in [5, 5.41) is 22.8. The van der Waals surface area contributed by atoms with E-state index < -0.39 is 28.4 Å². The predicted octanol–water partition coefficient (Wildman–Crippen LogP) is 3.98. The molecule has 1 aromatic heterocycles. The number of ketones is 1. The molecule has 0 radical (unpaired) electrons. The van der Waals surface area contributed by atoms with Gasteiger partial charge in [-0.15, -0.1) is 11.3 Å². The fourth-order valence-electron chi connectivity index (χ4n) is 4.14. The first-order valence-corrected chi connectivity index (χ1v) is 11.7. The molecule has 1 aliphatic rings. The Morgan fingerprint density at radius 1 is 1.30 bits per heavy atom. The maximum absolute atomic E-state index is 13.5. The molecular formula is C23H28N4O5S. The number of aromatic nitrogens is 1. The standard InChI is InChI=1S/C23H28N4O5S/c1-5-25(6-2)11-8-12-26-19(16-9-7-10-17(13-16)27(31)32)18(21(29)23(26)30)20(28)22-14(3)24-15(4)33-22/h7,9-10,13,19,29H,5-6,8,11-12H2,1-4H3. The van der Waals surface area contributed by atoms with Crippen LogP contribution in [-0.4, -0.2) is 62.7 Å². The van der Waals surface area contributed by atoms with E-state index in [0.29, 0.717) is 34.1 Å². The van der Waals surface area contributed by atoms with Gasteiger partial charge < -0.3 is 14.9 Å². The van der Waals surface area contributed by atoms with Gasteiger partial charge >= 0.3 is 0 Å². The molecule has 0 saturated carbocycles. The number of aryl methyl sites for hydroxylation is 2. The zero-order valence-electron chi connectivity index (χ0n) is 19.2. The lowest BCUT2D eigenvalue weighted by atomic mass is 9.94. The van der Waals surface area contributed by atoms with Gasteiger partial charge in [0, 0.05) is 18.7 Å². The van der Waals surface area contributed by atoms with Crippen LogP contribution in [0.5, 0.6) is 0 Å². The molecule has 2 heterocycles. The Labute approximate surface area is 196 Å². The number of nitrogens with zero attached hydrogens (tertiary/aromatic N) is 4. The van der Waals surface area contributed by atoms with Crippen molar-refractivity contribution in [3.8, 4) is 0 Å². The SMILES string of the molecule is CCN(CC)CCCN1C(=O)C(O)=C(C(=O)c2sc(C)nc2C)C1c1cccc([N+](=O)[O-])c1.